The molecule has 2 aromatic carbocycles. The monoisotopic (exact) mass is 397 g/mol. The Hall–Kier alpha value is -1.69. The zero-order valence-corrected chi connectivity index (χ0v) is 15.9. The number of rotatable bonds is 7. The number of halogens is 2. The van der Waals surface area contributed by atoms with Crippen molar-refractivity contribution in [1.29, 1.82) is 0 Å². The second-order valence-electron chi connectivity index (χ2n) is 5.22. The summed E-state index contributed by atoms with van der Waals surface area (Å²) in [5.74, 6) is -0.306. The molecule has 7 heteroatoms. The van der Waals surface area contributed by atoms with E-state index in [1.165, 1.54) is 5.56 Å². The topological polar surface area (TPSA) is 55.4 Å². The molecule has 0 atom stereocenters. The average molecular weight is 398 g/mol. The standard InChI is InChI=1S/C18H17Cl2NO3S/c1-12-5-7-13(8-6-12)25-10-9-17(23)24-11-16(22)21-15-4-2-3-14(19)18(15)20/h2-8H,9-11H2,1H3,(H,21,22). The number of hydrogen-bond acceptors (Lipinski definition) is 4. The number of amides is 1. The zero-order valence-electron chi connectivity index (χ0n) is 13.6. The molecule has 2 aromatic rings. The van der Waals surface area contributed by atoms with Crippen LogP contribution in [0.2, 0.25) is 10.0 Å². The molecule has 0 heterocycles. The lowest BCUT2D eigenvalue weighted by Crippen LogP contribution is -2.21. The van der Waals surface area contributed by atoms with Gasteiger partial charge in [0, 0.05) is 10.6 Å². The molecule has 1 amide bonds. The maximum Gasteiger partial charge on any atom is 0.307 e. The van der Waals surface area contributed by atoms with E-state index >= 15 is 0 Å². The first-order chi connectivity index (χ1) is 12.0. The van der Waals surface area contributed by atoms with Crippen LogP contribution in [0, 0.1) is 6.92 Å². The average Bonchev–Trinajstić information content (AvgIpc) is 2.59. The first kappa shape index (κ1) is 19.6. The zero-order chi connectivity index (χ0) is 18.2. The van der Waals surface area contributed by atoms with Crippen molar-refractivity contribution in [2.75, 3.05) is 17.7 Å². The number of hydrogen-bond donors (Lipinski definition) is 1. The summed E-state index contributed by atoms with van der Waals surface area (Å²) in [6.07, 6.45) is 0.226. The Morgan fingerprint density at radius 1 is 1.12 bits per heavy atom. The Balaban J connectivity index is 1.69. The summed E-state index contributed by atoms with van der Waals surface area (Å²) < 4.78 is 4.96. The summed E-state index contributed by atoms with van der Waals surface area (Å²) in [6.45, 7) is 1.66. The van der Waals surface area contributed by atoms with Crippen LogP contribution in [0.25, 0.3) is 0 Å². The Morgan fingerprint density at radius 2 is 1.84 bits per heavy atom. The molecule has 0 radical (unpaired) electrons. The molecule has 1 N–H and O–H groups in total. The van der Waals surface area contributed by atoms with Crippen molar-refractivity contribution in [2.24, 2.45) is 0 Å². The van der Waals surface area contributed by atoms with Crippen molar-refractivity contribution in [2.45, 2.75) is 18.2 Å². The number of carbonyl (C=O) groups excluding carboxylic acids is 2. The summed E-state index contributed by atoms with van der Waals surface area (Å²) in [6, 6.07) is 13.0. The van der Waals surface area contributed by atoms with Gasteiger partial charge in [-0.1, -0.05) is 47.0 Å². The molecule has 0 saturated carbocycles. The lowest BCUT2D eigenvalue weighted by atomic mass is 10.2. The summed E-state index contributed by atoms with van der Waals surface area (Å²) in [4.78, 5) is 24.6. The quantitative estimate of drug-likeness (QED) is 0.529. The molecule has 0 aliphatic carbocycles. The fraction of sp³-hybridized carbons (Fsp3) is 0.222. The normalized spacial score (nSPS) is 10.4. The lowest BCUT2D eigenvalue weighted by Gasteiger charge is -2.09. The fourth-order valence-corrected chi connectivity index (χ4v) is 3.07. The first-order valence-electron chi connectivity index (χ1n) is 7.54. The second kappa shape index (κ2) is 9.70. The third kappa shape index (κ3) is 6.61. The van der Waals surface area contributed by atoms with Gasteiger partial charge in [-0.15, -0.1) is 11.8 Å². The van der Waals surface area contributed by atoms with Crippen molar-refractivity contribution in [3.8, 4) is 0 Å². The Kier molecular flexibility index (Phi) is 7.62. The third-order valence-electron chi connectivity index (χ3n) is 3.19. The van der Waals surface area contributed by atoms with E-state index in [9.17, 15) is 9.59 Å². The van der Waals surface area contributed by atoms with Crippen LogP contribution in [0.15, 0.2) is 47.4 Å². The number of anilines is 1. The third-order valence-corrected chi connectivity index (χ3v) is 5.02. The van der Waals surface area contributed by atoms with E-state index in [-0.39, 0.29) is 18.1 Å². The number of aryl methyl sites for hydroxylation is 1. The number of benzene rings is 2. The predicted octanol–water partition coefficient (Wildman–Crippen LogP) is 4.97. The van der Waals surface area contributed by atoms with Gasteiger partial charge in [0.25, 0.3) is 5.91 Å². The van der Waals surface area contributed by atoms with Crippen LogP contribution in [-0.4, -0.2) is 24.2 Å². The largest absolute Gasteiger partial charge is 0.456 e. The van der Waals surface area contributed by atoms with Gasteiger partial charge in [0.2, 0.25) is 0 Å². The van der Waals surface area contributed by atoms with E-state index in [0.717, 1.165) is 4.90 Å². The van der Waals surface area contributed by atoms with Crippen LogP contribution >= 0.6 is 35.0 Å². The molecule has 132 valence electrons. The number of carbonyl (C=O) groups is 2. The Bertz CT molecular complexity index is 750. The van der Waals surface area contributed by atoms with Crippen LogP contribution in [0.5, 0.6) is 0 Å². The first-order valence-corrected chi connectivity index (χ1v) is 9.29. The van der Waals surface area contributed by atoms with Gasteiger partial charge in [0.15, 0.2) is 6.61 Å². The molecule has 0 aliphatic rings. The highest BCUT2D eigenvalue weighted by Gasteiger charge is 2.11. The van der Waals surface area contributed by atoms with Gasteiger partial charge in [0.05, 0.1) is 22.2 Å². The van der Waals surface area contributed by atoms with Crippen molar-refractivity contribution >= 4 is 52.5 Å². The molecule has 2 rings (SSSR count). The Morgan fingerprint density at radius 3 is 2.56 bits per heavy atom. The molecule has 0 fully saturated rings. The van der Waals surface area contributed by atoms with E-state index in [4.69, 9.17) is 27.9 Å². The van der Waals surface area contributed by atoms with Gasteiger partial charge in [-0.25, -0.2) is 0 Å². The van der Waals surface area contributed by atoms with E-state index < -0.39 is 11.9 Å². The van der Waals surface area contributed by atoms with Gasteiger partial charge in [0.1, 0.15) is 0 Å². The molecule has 0 aromatic heterocycles. The highest BCUT2D eigenvalue weighted by atomic mass is 35.5. The van der Waals surface area contributed by atoms with Gasteiger partial charge in [-0.05, 0) is 31.2 Å². The van der Waals surface area contributed by atoms with E-state index in [1.807, 2.05) is 31.2 Å². The van der Waals surface area contributed by atoms with Gasteiger partial charge < -0.3 is 10.1 Å². The predicted molar refractivity (Wildman–Crippen MR) is 103 cm³/mol. The molecule has 0 spiro atoms. The van der Waals surface area contributed by atoms with Crippen molar-refractivity contribution in [3.63, 3.8) is 0 Å². The minimum Gasteiger partial charge on any atom is -0.456 e. The maximum absolute atomic E-state index is 11.8. The van der Waals surface area contributed by atoms with Gasteiger partial charge in [-0.2, -0.15) is 0 Å². The molecule has 0 saturated heterocycles. The Labute approximate surface area is 160 Å². The molecular formula is C18H17Cl2NO3S. The second-order valence-corrected chi connectivity index (χ2v) is 7.18. The van der Waals surface area contributed by atoms with Crippen molar-refractivity contribution in [3.05, 3.63) is 58.1 Å². The number of nitrogens with one attached hydrogen (secondary N) is 1. The van der Waals surface area contributed by atoms with Gasteiger partial charge >= 0.3 is 5.97 Å². The SMILES string of the molecule is Cc1ccc(SCCC(=O)OCC(=O)Nc2cccc(Cl)c2Cl)cc1. The minimum atomic E-state index is -0.469. The summed E-state index contributed by atoms with van der Waals surface area (Å²) >= 11 is 13.4. The number of thioether (sulfide) groups is 1. The number of esters is 1. The van der Waals surface area contributed by atoms with Gasteiger partial charge in [-0.3, -0.25) is 9.59 Å². The number of ether oxygens (including phenoxy) is 1. The lowest BCUT2D eigenvalue weighted by molar-refractivity contribution is -0.146. The fourth-order valence-electron chi connectivity index (χ4n) is 1.89. The summed E-state index contributed by atoms with van der Waals surface area (Å²) in [5.41, 5.74) is 1.57. The van der Waals surface area contributed by atoms with Crippen LogP contribution < -0.4 is 5.32 Å². The maximum atomic E-state index is 11.8. The molecule has 0 bridgehead atoms. The highest BCUT2D eigenvalue weighted by molar-refractivity contribution is 7.99. The molecule has 0 aliphatic heterocycles. The molecule has 4 nitrogen and oxygen atoms in total. The van der Waals surface area contributed by atoms with E-state index in [0.29, 0.717) is 16.5 Å². The van der Waals surface area contributed by atoms with Crippen LogP contribution in [0.3, 0.4) is 0 Å². The van der Waals surface area contributed by atoms with E-state index in [1.54, 1.807) is 30.0 Å². The summed E-state index contributed by atoms with van der Waals surface area (Å²) in [5, 5.41) is 3.14. The minimum absolute atomic E-state index is 0.226. The van der Waals surface area contributed by atoms with Crippen LogP contribution in [-0.2, 0) is 14.3 Å². The molecular weight excluding hydrogens is 381 g/mol. The smallest absolute Gasteiger partial charge is 0.307 e. The van der Waals surface area contributed by atoms with Crippen LogP contribution in [0.1, 0.15) is 12.0 Å². The van der Waals surface area contributed by atoms with E-state index in [2.05, 4.69) is 5.32 Å². The summed E-state index contributed by atoms with van der Waals surface area (Å²) in [7, 11) is 0. The van der Waals surface area contributed by atoms with Crippen molar-refractivity contribution in [1.82, 2.24) is 0 Å². The highest BCUT2D eigenvalue weighted by Crippen LogP contribution is 2.29. The van der Waals surface area contributed by atoms with Crippen molar-refractivity contribution < 1.29 is 14.3 Å². The molecule has 25 heavy (non-hydrogen) atoms. The van der Waals surface area contributed by atoms with Crippen LogP contribution in [0.4, 0.5) is 5.69 Å². The molecule has 0 unspecified atom stereocenters.